The molecule has 0 bridgehead atoms. The van der Waals surface area contributed by atoms with Gasteiger partial charge < -0.3 is 14.7 Å². The van der Waals surface area contributed by atoms with Gasteiger partial charge in [-0.05, 0) is 32.7 Å². The molecule has 1 saturated carbocycles. The number of likely N-dealkylation sites (tertiary alicyclic amines) is 3. The quantitative estimate of drug-likeness (QED) is 0.771. The van der Waals surface area contributed by atoms with Crippen LogP contribution in [-0.4, -0.2) is 72.8 Å². The molecule has 4 fully saturated rings. The van der Waals surface area contributed by atoms with Crippen LogP contribution in [0.5, 0.6) is 0 Å². The van der Waals surface area contributed by atoms with E-state index >= 15 is 0 Å². The van der Waals surface area contributed by atoms with Crippen LogP contribution in [0.1, 0.15) is 44.9 Å². The molecular formula is C19H31N3O2. The van der Waals surface area contributed by atoms with Crippen molar-refractivity contribution in [2.45, 2.75) is 44.9 Å². The molecule has 0 unspecified atom stereocenters. The van der Waals surface area contributed by atoms with E-state index in [1.165, 1.54) is 19.3 Å². The van der Waals surface area contributed by atoms with Crippen molar-refractivity contribution < 1.29 is 9.59 Å². The minimum Gasteiger partial charge on any atom is -0.342 e. The monoisotopic (exact) mass is 333 g/mol. The normalized spacial score (nSPS) is 34.8. The Morgan fingerprint density at radius 2 is 1.58 bits per heavy atom. The lowest BCUT2D eigenvalue weighted by molar-refractivity contribution is -0.142. The van der Waals surface area contributed by atoms with Gasteiger partial charge in [0.1, 0.15) is 0 Å². The summed E-state index contributed by atoms with van der Waals surface area (Å²) in [7, 11) is 2.12. The van der Waals surface area contributed by atoms with Gasteiger partial charge in [0.05, 0.1) is 5.41 Å². The third kappa shape index (κ3) is 2.65. The Labute approximate surface area is 145 Å². The van der Waals surface area contributed by atoms with E-state index in [2.05, 4.69) is 21.7 Å². The van der Waals surface area contributed by atoms with Crippen LogP contribution in [0, 0.1) is 17.3 Å². The summed E-state index contributed by atoms with van der Waals surface area (Å²) in [6, 6.07) is 0. The molecule has 2 amide bonds. The van der Waals surface area contributed by atoms with E-state index in [0.717, 1.165) is 58.4 Å². The largest absolute Gasteiger partial charge is 0.342 e. The Morgan fingerprint density at radius 3 is 2.29 bits per heavy atom. The van der Waals surface area contributed by atoms with Crippen molar-refractivity contribution in [3.63, 3.8) is 0 Å². The molecule has 0 aromatic rings. The molecular weight excluding hydrogens is 302 g/mol. The van der Waals surface area contributed by atoms with Crippen LogP contribution in [0.25, 0.3) is 0 Å². The van der Waals surface area contributed by atoms with Gasteiger partial charge in [-0.25, -0.2) is 0 Å². The van der Waals surface area contributed by atoms with Crippen LogP contribution in [0.15, 0.2) is 0 Å². The second-order valence-corrected chi connectivity index (χ2v) is 8.60. The van der Waals surface area contributed by atoms with Gasteiger partial charge in [0.15, 0.2) is 0 Å². The lowest BCUT2D eigenvalue weighted by Gasteiger charge is -2.33. The average Bonchev–Trinajstić information content (AvgIpc) is 3.28. The molecule has 5 heteroatoms. The fraction of sp³-hybridized carbons (Fsp3) is 0.895. The Bertz CT molecular complexity index is 511. The van der Waals surface area contributed by atoms with Crippen LogP contribution in [0.3, 0.4) is 0 Å². The summed E-state index contributed by atoms with van der Waals surface area (Å²) < 4.78 is 0. The van der Waals surface area contributed by atoms with Crippen LogP contribution < -0.4 is 0 Å². The molecule has 0 radical (unpaired) electrons. The molecule has 4 rings (SSSR count). The highest BCUT2D eigenvalue weighted by Crippen LogP contribution is 2.44. The number of hydrogen-bond donors (Lipinski definition) is 0. The third-order valence-electron chi connectivity index (χ3n) is 6.86. The average molecular weight is 333 g/mol. The summed E-state index contributed by atoms with van der Waals surface area (Å²) in [5.41, 5.74) is -0.330. The number of rotatable bonds is 2. The number of carbonyl (C=O) groups excluding carboxylic acids is 2. The minimum atomic E-state index is -0.330. The van der Waals surface area contributed by atoms with Crippen LogP contribution in [0.2, 0.25) is 0 Å². The predicted molar refractivity (Wildman–Crippen MR) is 92.4 cm³/mol. The Hall–Kier alpha value is -1.10. The van der Waals surface area contributed by atoms with Crippen LogP contribution >= 0.6 is 0 Å². The number of amides is 2. The fourth-order valence-electron chi connectivity index (χ4n) is 5.63. The zero-order chi connectivity index (χ0) is 16.7. The van der Waals surface area contributed by atoms with E-state index < -0.39 is 0 Å². The molecule has 3 heterocycles. The second-order valence-electron chi connectivity index (χ2n) is 8.60. The Kier molecular flexibility index (Phi) is 4.31. The van der Waals surface area contributed by atoms with Crippen molar-refractivity contribution in [3.05, 3.63) is 0 Å². The lowest BCUT2D eigenvalue weighted by atomic mass is 9.79. The van der Waals surface area contributed by atoms with Crippen LogP contribution in [-0.2, 0) is 9.59 Å². The zero-order valence-electron chi connectivity index (χ0n) is 15.0. The van der Waals surface area contributed by atoms with Gasteiger partial charge in [0.25, 0.3) is 0 Å². The van der Waals surface area contributed by atoms with E-state index in [9.17, 15) is 9.59 Å². The highest BCUT2D eigenvalue weighted by atomic mass is 16.2. The van der Waals surface area contributed by atoms with Gasteiger partial charge in [-0.2, -0.15) is 0 Å². The van der Waals surface area contributed by atoms with Crippen LogP contribution in [0.4, 0.5) is 0 Å². The summed E-state index contributed by atoms with van der Waals surface area (Å²) in [6.07, 6.45) is 8.01. The molecule has 5 nitrogen and oxygen atoms in total. The Morgan fingerprint density at radius 1 is 0.875 bits per heavy atom. The molecule has 4 aliphatic rings. The van der Waals surface area contributed by atoms with Crippen molar-refractivity contribution in [3.8, 4) is 0 Å². The number of carbonyl (C=O) groups is 2. The van der Waals surface area contributed by atoms with E-state index in [1.807, 2.05) is 0 Å². The van der Waals surface area contributed by atoms with Crippen molar-refractivity contribution in [2.75, 3.05) is 46.3 Å². The summed E-state index contributed by atoms with van der Waals surface area (Å²) in [5.74, 6) is 1.20. The zero-order valence-corrected chi connectivity index (χ0v) is 15.0. The van der Waals surface area contributed by atoms with Gasteiger partial charge in [-0.3, -0.25) is 9.59 Å². The van der Waals surface area contributed by atoms with Gasteiger partial charge in [-0.15, -0.1) is 0 Å². The smallest absolute Gasteiger partial charge is 0.232 e. The molecule has 0 aromatic heterocycles. The molecule has 0 N–H and O–H groups in total. The summed E-state index contributed by atoms with van der Waals surface area (Å²) in [6.45, 7) is 5.04. The van der Waals surface area contributed by atoms with Gasteiger partial charge in [-0.1, -0.05) is 19.3 Å². The maximum absolute atomic E-state index is 13.3. The summed E-state index contributed by atoms with van der Waals surface area (Å²) in [5, 5.41) is 0. The maximum atomic E-state index is 13.3. The molecule has 2 atom stereocenters. The molecule has 0 aromatic carbocycles. The molecule has 3 aliphatic heterocycles. The predicted octanol–water partition coefficient (Wildman–Crippen LogP) is 1.58. The number of hydrogen-bond acceptors (Lipinski definition) is 3. The number of nitrogens with zero attached hydrogens (tertiary/aromatic N) is 3. The SMILES string of the molecule is CN1C[C@H]2CN(C(=O)C3CCCCC3)C[C@@]2(C(=O)N2CCCC2)C1. The highest BCUT2D eigenvalue weighted by molar-refractivity contribution is 5.87. The summed E-state index contributed by atoms with van der Waals surface area (Å²) in [4.78, 5) is 32.7. The molecule has 0 spiro atoms. The standard InChI is InChI=1S/C19H31N3O2/c1-20-11-16-12-22(17(23)15-7-3-2-4-8-15)14-19(16,13-20)18(24)21-9-5-6-10-21/h15-16H,2-14H2,1H3/t16-,19-/m0/s1. The van der Waals surface area contributed by atoms with Gasteiger partial charge in [0, 0.05) is 51.1 Å². The first kappa shape index (κ1) is 16.4. The van der Waals surface area contributed by atoms with Crippen molar-refractivity contribution in [2.24, 2.45) is 17.3 Å². The molecule has 3 saturated heterocycles. The molecule has 134 valence electrons. The van der Waals surface area contributed by atoms with E-state index in [0.29, 0.717) is 24.3 Å². The molecule has 24 heavy (non-hydrogen) atoms. The van der Waals surface area contributed by atoms with Crippen molar-refractivity contribution >= 4 is 11.8 Å². The topological polar surface area (TPSA) is 43.9 Å². The first-order chi connectivity index (χ1) is 11.6. The minimum absolute atomic E-state index is 0.217. The first-order valence-corrected chi connectivity index (χ1v) is 9.87. The maximum Gasteiger partial charge on any atom is 0.232 e. The highest BCUT2D eigenvalue weighted by Gasteiger charge is 2.58. The van der Waals surface area contributed by atoms with Gasteiger partial charge in [0.2, 0.25) is 11.8 Å². The van der Waals surface area contributed by atoms with Gasteiger partial charge >= 0.3 is 0 Å². The Balaban J connectivity index is 1.51. The third-order valence-corrected chi connectivity index (χ3v) is 6.86. The second kappa shape index (κ2) is 6.32. The van der Waals surface area contributed by atoms with E-state index in [1.54, 1.807) is 0 Å². The fourth-order valence-corrected chi connectivity index (χ4v) is 5.63. The lowest BCUT2D eigenvalue weighted by Crippen LogP contribution is -2.49. The van der Waals surface area contributed by atoms with E-state index in [-0.39, 0.29) is 11.3 Å². The summed E-state index contributed by atoms with van der Waals surface area (Å²) >= 11 is 0. The van der Waals surface area contributed by atoms with Crippen molar-refractivity contribution in [1.82, 2.24) is 14.7 Å². The number of fused-ring (bicyclic) bond motifs is 1. The van der Waals surface area contributed by atoms with Crippen molar-refractivity contribution in [1.29, 1.82) is 0 Å². The van der Waals surface area contributed by atoms with E-state index in [4.69, 9.17) is 0 Å². The molecule has 1 aliphatic carbocycles. The first-order valence-electron chi connectivity index (χ1n) is 9.87.